The highest BCUT2D eigenvalue weighted by Gasteiger charge is 2.08. The number of benzene rings is 3. The van der Waals surface area contributed by atoms with Gasteiger partial charge in [0.15, 0.2) is 0 Å². The van der Waals surface area contributed by atoms with E-state index in [2.05, 4.69) is 20.2 Å². The van der Waals surface area contributed by atoms with Gasteiger partial charge in [0.25, 0.3) is 5.91 Å². The molecule has 1 aromatic heterocycles. The minimum absolute atomic E-state index is 0.0483. The predicted octanol–water partition coefficient (Wildman–Crippen LogP) is 3.64. The third kappa shape index (κ3) is 5.17. The number of rotatable bonds is 8. The van der Waals surface area contributed by atoms with Crippen molar-refractivity contribution < 1.29 is 9.59 Å². The summed E-state index contributed by atoms with van der Waals surface area (Å²) in [6.45, 7) is 1.25. The first-order chi connectivity index (χ1) is 15.2. The fourth-order valence-corrected chi connectivity index (χ4v) is 3.44. The zero-order valence-corrected chi connectivity index (χ0v) is 17.1. The van der Waals surface area contributed by atoms with Crippen molar-refractivity contribution in [2.45, 2.75) is 13.0 Å². The topological polar surface area (TPSA) is 76.0 Å². The van der Waals surface area contributed by atoms with Crippen LogP contribution in [0.25, 0.3) is 22.2 Å². The molecule has 0 bridgehead atoms. The standard InChI is InChI=1S/C25H24N4O2/c30-24(26-15-6-16-29-18-28-22-9-4-5-10-23(22)29)17-27-25(31)21-13-11-20(12-14-21)19-7-2-1-3-8-19/h1-5,7-14,18H,6,15-17H2,(H,26,30)(H,27,31). The third-order valence-electron chi connectivity index (χ3n) is 5.09. The molecule has 0 aliphatic rings. The van der Waals surface area contributed by atoms with Crippen LogP contribution >= 0.6 is 0 Å². The Morgan fingerprint density at radius 3 is 2.32 bits per heavy atom. The van der Waals surface area contributed by atoms with Crippen LogP contribution in [0.3, 0.4) is 0 Å². The lowest BCUT2D eigenvalue weighted by molar-refractivity contribution is -0.120. The molecule has 156 valence electrons. The van der Waals surface area contributed by atoms with Gasteiger partial charge in [-0.25, -0.2) is 4.98 Å². The summed E-state index contributed by atoms with van der Waals surface area (Å²) in [7, 11) is 0. The molecule has 0 unspecified atom stereocenters. The van der Waals surface area contributed by atoms with E-state index >= 15 is 0 Å². The molecule has 0 saturated carbocycles. The molecule has 4 aromatic rings. The van der Waals surface area contributed by atoms with Gasteiger partial charge in [-0.2, -0.15) is 0 Å². The fraction of sp³-hybridized carbons (Fsp3) is 0.160. The maximum Gasteiger partial charge on any atom is 0.251 e. The van der Waals surface area contributed by atoms with Crippen LogP contribution in [0, 0.1) is 0 Å². The Labute approximate surface area is 180 Å². The van der Waals surface area contributed by atoms with Crippen molar-refractivity contribution in [1.82, 2.24) is 20.2 Å². The number of fused-ring (bicyclic) bond motifs is 1. The van der Waals surface area contributed by atoms with Gasteiger partial charge in [0.05, 0.1) is 23.9 Å². The van der Waals surface area contributed by atoms with Crippen molar-refractivity contribution in [3.63, 3.8) is 0 Å². The summed E-state index contributed by atoms with van der Waals surface area (Å²) in [4.78, 5) is 28.7. The van der Waals surface area contributed by atoms with E-state index in [4.69, 9.17) is 0 Å². The van der Waals surface area contributed by atoms with Crippen LogP contribution in [-0.4, -0.2) is 34.5 Å². The van der Waals surface area contributed by atoms with Gasteiger partial charge >= 0.3 is 0 Å². The number of hydrogen-bond acceptors (Lipinski definition) is 3. The summed E-state index contributed by atoms with van der Waals surface area (Å²) in [6, 6.07) is 25.3. The molecule has 31 heavy (non-hydrogen) atoms. The van der Waals surface area contributed by atoms with E-state index in [1.165, 1.54) is 0 Å². The van der Waals surface area contributed by atoms with Crippen molar-refractivity contribution in [3.8, 4) is 11.1 Å². The van der Waals surface area contributed by atoms with Crippen LogP contribution in [0.15, 0.2) is 85.2 Å². The highest BCUT2D eigenvalue weighted by atomic mass is 16.2. The first kappa shape index (κ1) is 20.3. The van der Waals surface area contributed by atoms with Crippen LogP contribution in [0.1, 0.15) is 16.8 Å². The number of carbonyl (C=O) groups excluding carboxylic acids is 2. The second kappa shape index (κ2) is 9.71. The van der Waals surface area contributed by atoms with E-state index in [9.17, 15) is 9.59 Å². The summed E-state index contributed by atoms with van der Waals surface area (Å²) in [6.07, 6.45) is 2.59. The lowest BCUT2D eigenvalue weighted by Gasteiger charge is -2.08. The van der Waals surface area contributed by atoms with Gasteiger partial charge in [-0.1, -0.05) is 54.6 Å². The van der Waals surface area contributed by atoms with Crippen molar-refractivity contribution in [1.29, 1.82) is 0 Å². The zero-order valence-electron chi connectivity index (χ0n) is 17.1. The lowest BCUT2D eigenvalue weighted by atomic mass is 10.0. The van der Waals surface area contributed by atoms with Gasteiger partial charge in [0, 0.05) is 18.7 Å². The number of nitrogens with one attached hydrogen (secondary N) is 2. The van der Waals surface area contributed by atoms with Crippen LogP contribution in [0.5, 0.6) is 0 Å². The highest BCUT2D eigenvalue weighted by molar-refractivity contribution is 5.96. The summed E-state index contributed by atoms with van der Waals surface area (Å²) in [5.74, 6) is -0.468. The molecule has 0 spiro atoms. The van der Waals surface area contributed by atoms with Gasteiger partial charge in [-0.05, 0) is 41.8 Å². The number of carbonyl (C=O) groups is 2. The first-order valence-corrected chi connectivity index (χ1v) is 10.3. The molecule has 6 heteroatoms. The van der Waals surface area contributed by atoms with Gasteiger partial charge in [0.1, 0.15) is 0 Å². The smallest absolute Gasteiger partial charge is 0.251 e. The molecule has 4 rings (SSSR count). The number of aryl methyl sites for hydroxylation is 1. The number of imidazole rings is 1. The SMILES string of the molecule is O=C(CNC(=O)c1ccc(-c2ccccc2)cc1)NCCCn1cnc2ccccc21. The number of aromatic nitrogens is 2. The van der Waals surface area contributed by atoms with Crippen molar-refractivity contribution >= 4 is 22.8 Å². The molecule has 0 radical (unpaired) electrons. The Bertz CT molecular complexity index is 1170. The average molecular weight is 412 g/mol. The first-order valence-electron chi connectivity index (χ1n) is 10.3. The maximum atomic E-state index is 12.3. The van der Waals surface area contributed by atoms with E-state index < -0.39 is 0 Å². The molecule has 0 aliphatic heterocycles. The molecular formula is C25H24N4O2. The number of nitrogens with zero attached hydrogens (tertiary/aromatic N) is 2. The highest BCUT2D eigenvalue weighted by Crippen LogP contribution is 2.19. The summed E-state index contributed by atoms with van der Waals surface area (Å²) in [5.41, 5.74) is 4.71. The zero-order chi connectivity index (χ0) is 21.5. The average Bonchev–Trinajstić information content (AvgIpc) is 3.24. The number of amides is 2. The van der Waals surface area contributed by atoms with Gasteiger partial charge < -0.3 is 15.2 Å². The molecule has 0 atom stereocenters. The third-order valence-corrected chi connectivity index (χ3v) is 5.09. The van der Waals surface area contributed by atoms with Gasteiger partial charge in [-0.3, -0.25) is 9.59 Å². The van der Waals surface area contributed by atoms with Crippen molar-refractivity contribution in [2.75, 3.05) is 13.1 Å². The molecule has 0 aliphatic carbocycles. The minimum Gasteiger partial charge on any atom is -0.355 e. The second-order valence-corrected chi connectivity index (χ2v) is 7.26. The molecule has 6 nitrogen and oxygen atoms in total. The quantitative estimate of drug-likeness (QED) is 0.434. The van der Waals surface area contributed by atoms with E-state index in [1.54, 1.807) is 12.1 Å². The summed E-state index contributed by atoms with van der Waals surface area (Å²) < 4.78 is 2.07. The Morgan fingerprint density at radius 2 is 1.52 bits per heavy atom. The number of para-hydroxylation sites is 2. The van der Waals surface area contributed by atoms with E-state index in [0.29, 0.717) is 12.1 Å². The second-order valence-electron chi connectivity index (χ2n) is 7.26. The predicted molar refractivity (Wildman–Crippen MR) is 122 cm³/mol. The van der Waals surface area contributed by atoms with Crippen LogP contribution < -0.4 is 10.6 Å². The summed E-state index contributed by atoms with van der Waals surface area (Å²) in [5, 5.41) is 5.51. The molecule has 2 amide bonds. The van der Waals surface area contributed by atoms with Gasteiger partial charge in [-0.15, -0.1) is 0 Å². The molecule has 0 saturated heterocycles. The monoisotopic (exact) mass is 412 g/mol. The Hall–Kier alpha value is -3.93. The minimum atomic E-state index is -0.264. The molecular weight excluding hydrogens is 388 g/mol. The Balaban J connectivity index is 1.19. The van der Waals surface area contributed by atoms with E-state index in [1.807, 2.05) is 73.1 Å². The maximum absolute atomic E-state index is 12.3. The normalized spacial score (nSPS) is 10.7. The largest absolute Gasteiger partial charge is 0.355 e. The van der Waals surface area contributed by atoms with Crippen molar-refractivity contribution in [2.24, 2.45) is 0 Å². The van der Waals surface area contributed by atoms with Gasteiger partial charge in [0.2, 0.25) is 5.91 Å². The summed E-state index contributed by atoms with van der Waals surface area (Å²) >= 11 is 0. The molecule has 2 N–H and O–H groups in total. The van der Waals surface area contributed by atoms with E-state index in [0.717, 1.165) is 35.1 Å². The Kier molecular flexibility index (Phi) is 6.38. The lowest BCUT2D eigenvalue weighted by Crippen LogP contribution is -2.37. The Morgan fingerprint density at radius 1 is 0.806 bits per heavy atom. The van der Waals surface area contributed by atoms with E-state index in [-0.39, 0.29) is 18.4 Å². The van der Waals surface area contributed by atoms with Crippen LogP contribution in [0.2, 0.25) is 0 Å². The molecule has 0 fully saturated rings. The van der Waals surface area contributed by atoms with Crippen LogP contribution in [-0.2, 0) is 11.3 Å². The van der Waals surface area contributed by atoms with Crippen LogP contribution in [0.4, 0.5) is 0 Å². The van der Waals surface area contributed by atoms with Crippen molar-refractivity contribution in [3.05, 3.63) is 90.8 Å². The fourth-order valence-electron chi connectivity index (χ4n) is 3.44. The molecule has 1 heterocycles. The number of hydrogen-bond donors (Lipinski definition) is 2. The molecule has 3 aromatic carbocycles.